The van der Waals surface area contributed by atoms with Gasteiger partial charge in [-0.1, -0.05) is 6.92 Å². The van der Waals surface area contributed by atoms with Gasteiger partial charge in [-0.15, -0.1) is 0 Å². The molecule has 2 amide bonds. The van der Waals surface area contributed by atoms with E-state index < -0.39 is 5.97 Å². The van der Waals surface area contributed by atoms with Crippen molar-refractivity contribution in [1.82, 2.24) is 4.90 Å². The molecule has 178 valence electrons. The Morgan fingerprint density at radius 3 is 2.22 bits per heavy atom. The van der Waals surface area contributed by atoms with Crippen LogP contribution in [0.5, 0.6) is 17.2 Å². The van der Waals surface area contributed by atoms with Gasteiger partial charge in [-0.2, -0.15) is 11.8 Å². The molecule has 10 heteroatoms. The minimum Gasteiger partial charge on any atom is -0.493 e. The number of ether oxygens (including phenoxy) is 4. The summed E-state index contributed by atoms with van der Waals surface area (Å²) in [6.45, 7) is 2.96. The summed E-state index contributed by atoms with van der Waals surface area (Å²) in [7, 11) is 5.54. The Labute approximate surface area is 193 Å². The van der Waals surface area contributed by atoms with Gasteiger partial charge in [-0.25, -0.2) is 4.79 Å². The Balaban J connectivity index is 2.22. The highest BCUT2D eigenvalue weighted by atomic mass is 32.2. The van der Waals surface area contributed by atoms with Crippen molar-refractivity contribution in [2.75, 3.05) is 58.9 Å². The van der Waals surface area contributed by atoms with E-state index in [1.54, 1.807) is 11.8 Å². The minimum atomic E-state index is -0.650. The number of benzene rings is 1. The van der Waals surface area contributed by atoms with Crippen LogP contribution < -0.4 is 19.5 Å². The van der Waals surface area contributed by atoms with Gasteiger partial charge in [0.25, 0.3) is 0 Å². The first kappa shape index (κ1) is 25.6. The summed E-state index contributed by atoms with van der Waals surface area (Å²) < 4.78 is 21.0. The highest BCUT2D eigenvalue weighted by molar-refractivity contribution is 7.98. The van der Waals surface area contributed by atoms with Gasteiger partial charge in [-0.05, 0) is 19.1 Å². The number of nitrogens with one attached hydrogen (secondary N) is 1. The second-order valence-electron chi connectivity index (χ2n) is 7.50. The van der Waals surface area contributed by atoms with Crippen LogP contribution in [0.15, 0.2) is 6.07 Å². The fraction of sp³-hybridized carbons (Fsp3) is 0.591. The van der Waals surface area contributed by atoms with Crippen LogP contribution in [0.3, 0.4) is 0 Å². The number of thioether (sulfide) groups is 1. The molecular formula is C22H32N2O7S. The third-order valence-electron chi connectivity index (χ3n) is 5.50. The average molecular weight is 469 g/mol. The maximum atomic E-state index is 13.1. The van der Waals surface area contributed by atoms with Gasteiger partial charge in [0.15, 0.2) is 11.5 Å². The first-order valence-electron chi connectivity index (χ1n) is 10.3. The number of methoxy groups -OCH3 is 4. The molecule has 1 aromatic rings. The molecule has 0 saturated carbocycles. The van der Waals surface area contributed by atoms with Crippen molar-refractivity contribution >= 4 is 35.2 Å². The number of nitrogens with zero attached hydrogens (tertiary/aromatic N) is 1. The van der Waals surface area contributed by atoms with E-state index in [1.165, 1.54) is 34.5 Å². The quantitative estimate of drug-likeness (QED) is 0.552. The molecule has 1 atom stereocenters. The number of rotatable bonds is 9. The first-order valence-corrected chi connectivity index (χ1v) is 11.7. The highest BCUT2D eigenvalue weighted by Crippen LogP contribution is 2.45. The standard InChI is InChI=1S/C22H32N2O7S/c1-13(12-32-6)21(26)24-9-7-14(8-10-24)20(25)23-17-15(22(27)31-5)11-16(28-2)18(29-3)19(17)30-4/h11,13-14H,7-10,12H2,1-6H3,(H,23,25). The zero-order valence-electron chi connectivity index (χ0n) is 19.5. The van der Waals surface area contributed by atoms with Crippen LogP contribution >= 0.6 is 11.8 Å². The van der Waals surface area contributed by atoms with Crippen molar-refractivity contribution in [3.05, 3.63) is 11.6 Å². The minimum absolute atomic E-state index is 0.0472. The van der Waals surface area contributed by atoms with Crippen molar-refractivity contribution < 1.29 is 33.3 Å². The molecule has 1 aliphatic heterocycles. The SMILES string of the molecule is COC(=O)c1cc(OC)c(OC)c(OC)c1NC(=O)C1CCN(C(=O)C(C)CSC)CC1. The molecular weight excluding hydrogens is 436 g/mol. The lowest BCUT2D eigenvalue weighted by atomic mass is 9.94. The lowest BCUT2D eigenvalue weighted by Gasteiger charge is -2.33. The molecule has 1 fully saturated rings. The smallest absolute Gasteiger partial charge is 0.340 e. The summed E-state index contributed by atoms with van der Waals surface area (Å²) in [6, 6.07) is 1.44. The van der Waals surface area contributed by atoms with E-state index in [4.69, 9.17) is 18.9 Å². The summed E-state index contributed by atoms with van der Waals surface area (Å²) >= 11 is 1.64. The van der Waals surface area contributed by atoms with Gasteiger partial charge in [0.2, 0.25) is 17.6 Å². The van der Waals surface area contributed by atoms with Crippen LogP contribution in [0.1, 0.15) is 30.1 Å². The Kier molecular flexibility index (Phi) is 9.49. The number of amides is 2. The van der Waals surface area contributed by atoms with Gasteiger partial charge in [-0.3, -0.25) is 9.59 Å². The van der Waals surface area contributed by atoms with Crippen LogP contribution in [-0.2, 0) is 14.3 Å². The highest BCUT2D eigenvalue weighted by Gasteiger charge is 2.32. The van der Waals surface area contributed by atoms with E-state index in [0.29, 0.717) is 25.9 Å². The van der Waals surface area contributed by atoms with Crippen LogP contribution in [0.25, 0.3) is 0 Å². The number of carbonyl (C=O) groups is 3. The maximum absolute atomic E-state index is 13.1. The van der Waals surface area contributed by atoms with E-state index in [9.17, 15) is 14.4 Å². The molecule has 32 heavy (non-hydrogen) atoms. The van der Waals surface area contributed by atoms with Gasteiger partial charge in [0.05, 0.1) is 34.0 Å². The Morgan fingerprint density at radius 1 is 1.09 bits per heavy atom. The van der Waals surface area contributed by atoms with Gasteiger partial charge in [0, 0.05) is 36.7 Å². The van der Waals surface area contributed by atoms with Crippen molar-refractivity contribution in [3.8, 4) is 17.2 Å². The zero-order chi connectivity index (χ0) is 23.8. The summed E-state index contributed by atoms with van der Waals surface area (Å²) in [5.74, 6) is 0.316. The maximum Gasteiger partial charge on any atom is 0.340 e. The summed E-state index contributed by atoms with van der Waals surface area (Å²) in [5, 5.41) is 2.82. The Bertz CT molecular complexity index is 838. The molecule has 9 nitrogen and oxygen atoms in total. The van der Waals surface area contributed by atoms with Crippen LogP contribution in [0.4, 0.5) is 5.69 Å². The molecule has 1 aliphatic rings. The van der Waals surface area contributed by atoms with E-state index in [-0.39, 0.29) is 52.1 Å². The molecule has 0 bridgehead atoms. The number of esters is 1. The van der Waals surface area contributed by atoms with Gasteiger partial charge >= 0.3 is 5.97 Å². The van der Waals surface area contributed by atoms with Crippen LogP contribution in [0.2, 0.25) is 0 Å². The number of anilines is 1. The van der Waals surface area contributed by atoms with Crippen molar-refractivity contribution in [2.45, 2.75) is 19.8 Å². The Hall–Kier alpha value is -2.62. The number of hydrogen-bond donors (Lipinski definition) is 1. The number of piperidine rings is 1. The molecule has 1 saturated heterocycles. The molecule has 0 spiro atoms. The lowest BCUT2D eigenvalue weighted by Crippen LogP contribution is -2.44. The Morgan fingerprint density at radius 2 is 1.72 bits per heavy atom. The van der Waals surface area contributed by atoms with E-state index in [2.05, 4.69) is 5.32 Å². The van der Waals surface area contributed by atoms with E-state index in [1.807, 2.05) is 18.1 Å². The molecule has 0 aliphatic carbocycles. The van der Waals surface area contributed by atoms with E-state index in [0.717, 1.165) is 5.75 Å². The largest absolute Gasteiger partial charge is 0.493 e. The third kappa shape index (κ3) is 5.59. The van der Waals surface area contributed by atoms with Crippen molar-refractivity contribution in [2.24, 2.45) is 11.8 Å². The molecule has 2 rings (SSSR count). The van der Waals surface area contributed by atoms with Gasteiger partial charge in [0.1, 0.15) is 5.69 Å². The van der Waals surface area contributed by atoms with Crippen LogP contribution in [-0.4, -0.2) is 76.2 Å². The number of likely N-dealkylation sites (tertiary alicyclic amines) is 1. The monoisotopic (exact) mass is 468 g/mol. The number of hydrogen-bond acceptors (Lipinski definition) is 8. The predicted molar refractivity (Wildman–Crippen MR) is 123 cm³/mol. The summed E-state index contributed by atoms with van der Waals surface area (Å²) in [4.78, 5) is 39.8. The fourth-order valence-electron chi connectivity index (χ4n) is 3.77. The first-order chi connectivity index (χ1) is 15.3. The molecule has 1 aromatic carbocycles. The molecule has 1 unspecified atom stereocenters. The molecule has 1 N–H and O–H groups in total. The van der Waals surface area contributed by atoms with Crippen LogP contribution in [0, 0.1) is 11.8 Å². The van der Waals surface area contributed by atoms with Crippen molar-refractivity contribution in [3.63, 3.8) is 0 Å². The normalized spacial score (nSPS) is 15.0. The predicted octanol–water partition coefficient (Wildman–Crippen LogP) is 2.68. The lowest BCUT2D eigenvalue weighted by molar-refractivity contribution is -0.137. The topological polar surface area (TPSA) is 103 Å². The molecule has 1 heterocycles. The average Bonchev–Trinajstić information content (AvgIpc) is 2.82. The van der Waals surface area contributed by atoms with Crippen molar-refractivity contribution in [1.29, 1.82) is 0 Å². The molecule has 0 aromatic heterocycles. The summed E-state index contributed by atoms with van der Waals surface area (Å²) in [6.07, 6.45) is 3.05. The van der Waals surface area contributed by atoms with E-state index >= 15 is 0 Å². The zero-order valence-corrected chi connectivity index (χ0v) is 20.3. The fourth-order valence-corrected chi connectivity index (χ4v) is 4.41. The molecule has 0 radical (unpaired) electrons. The second-order valence-corrected chi connectivity index (χ2v) is 8.42. The number of carbonyl (C=O) groups excluding carboxylic acids is 3. The third-order valence-corrected chi connectivity index (χ3v) is 6.33. The summed E-state index contributed by atoms with van der Waals surface area (Å²) in [5.41, 5.74) is 0.253. The second kappa shape index (κ2) is 11.8. The van der Waals surface area contributed by atoms with Gasteiger partial charge < -0.3 is 29.2 Å².